The number of sulfonamides is 1. The largest absolute Gasteiger partial charge is 0.268 e. The first-order valence-corrected chi connectivity index (χ1v) is 11.9. The standard InChI is InChI=1S/C20H21N3O3S2/c1-27-20-21-17-7-3-4-8-18(17)23(20)19(24)15-9-11-16(12-10-15)28(25,26)22-13-5-2-6-14-22/h3-4,7-12H,2,5-6,13-14H2,1H3. The molecule has 2 aromatic carbocycles. The van der Waals surface area contributed by atoms with E-state index in [0.29, 0.717) is 23.8 Å². The predicted molar refractivity (Wildman–Crippen MR) is 110 cm³/mol. The smallest absolute Gasteiger partial charge is 0.264 e. The summed E-state index contributed by atoms with van der Waals surface area (Å²) >= 11 is 1.40. The summed E-state index contributed by atoms with van der Waals surface area (Å²) in [6.45, 7) is 1.11. The van der Waals surface area contributed by atoms with Crippen LogP contribution in [0.3, 0.4) is 0 Å². The van der Waals surface area contributed by atoms with Crippen LogP contribution in [0.25, 0.3) is 11.0 Å². The number of aromatic nitrogens is 2. The molecule has 8 heteroatoms. The summed E-state index contributed by atoms with van der Waals surface area (Å²) in [5.74, 6) is -0.222. The monoisotopic (exact) mass is 415 g/mol. The summed E-state index contributed by atoms with van der Waals surface area (Å²) in [7, 11) is -3.51. The third kappa shape index (κ3) is 3.36. The lowest BCUT2D eigenvalue weighted by atomic mass is 10.2. The van der Waals surface area contributed by atoms with Gasteiger partial charge in [-0.2, -0.15) is 4.31 Å². The quantitative estimate of drug-likeness (QED) is 0.609. The van der Waals surface area contributed by atoms with Crippen LogP contribution in [0.15, 0.2) is 58.6 Å². The Kier molecular flexibility index (Phi) is 5.27. The van der Waals surface area contributed by atoms with Gasteiger partial charge in [0.25, 0.3) is 5.91 Å². The van der Waals surface area contributed by atoms with Crippen molar-refractivity contribution in [3.05, 3.63) is 54.1 Å². The molecular weight excluding hydrogens is 394 g/mol. The summed E-state index contributed by atoms with van der Waals surface area (Å²) in [6, 6.07) is 13.7. The Labute approximate surface area is 168 Å². The molecule has 0 atom stereocenters. The van der Waals surface area contributed by atoms with Gasteiger partial charge < -0.3 is 0 Å². The van der Waals surface area contributed by atoms with Crippen molar-refractivity contribution in [1.29, 1.82) is 0 Å². The Balaban J connectivity index is 1.67. The van der Waals surface area contributed by atoms with E-state index in [4.69, 9.17) is 0 Å². The third-order valence-corrected chi connectivity index (χ3v) is 7.52. The highest BCUT2D eigenvalue weighted by Crippen LogP contribution is 2.25. The number of fused-ring (bicyclic) bond motifs is 1. The lowest BCUT2D eigenvalue weighted by molar-refractivity contribution is 0.0955. The average Bonchev–Trinajstić information content (AvgIpc) is 3.12. The van der Waals surface area contributed by atoms with Crippen molar-refractivity contribution in [2.45, 2.75) is 29.3 Å². The molecule has 0 unspecified atom stereocenters. The minimum atomic E-state index is -3.51. The van der Waals surface area contributed by atoms with Crippen LogP contribution in [-0.2, 0) is 10.0 Å². The summed E-state index contributed by atoms with van der Waals surface area (Å²) in [6.07, 6.45) is 4.72. The fourth-order valence-corrected chi connectivity index (χ4v) is 5.56. The molecule has 4 rings (SSSR count). The molecule has 0 radical (unpaired) electrons. The van der Waals surface area contributed by atoms with Crippen LogP contribution in [0.2, 0.25) is 0 Å². The molecular formula is C20H21N3O3S2. The summed E-state index contributed by atoms with van der Waals surface area (Å²) in [4.78, 5) is 17.8. The lowest BCUT2D eigenvalue weighted by Crippen LogP contribution is -2.35. The van der Waals surface area contributed by atoms with Crippen LogP contribution in [-0.4, -0.2) is 47.5 Å². The number of carbonyl (C=O) groups excluding carboxylic acids is 1. The Bertz CT molecular complexity index is 1120. The number of hydrogen-bond acceptors (Lipinski definition) is 5. The number of imidazole rings is 1. The van der Waals surface area contributed by atoms with Crippen LogP contribution in [0, 0.1) is 0 Å². The van der Waals surface area contributed by atoms with Crippen molar-refractivity contribution in [2.24, 2.45) is 0 Å². The van der Waals surface area contributed by atoms with Crippen LogP contribution >= 0.6 is 11.8 Å². The molecule has 28 heavy (non-hydrogen) atoms. The normalized spacial score (nSPS) is 15.8. The second kappa shape index (κ2) is 7.69. The highest BCUT2D eigenvalue weighted by molar-refractivity contribution is 7.98. The minimum absolute atomic E-state index is 0.222. The fourth-order valence-electron chi connectivity index (χ4n) is 3.49. The number of nitrogens with zero attached hydrogens (tertiary/aromatic N) is 3. The molecule has 1 aliphatic heterocycles. The first-order valence-electron chi connectivity index (χ1n) is 9.19. The van der Waals surface area contributed by atoms with E-state index in [0.717, 1.165) is 30.3 Å². The van der Waals surface area contributed by atoms with Gasteiger partial charge >= 0.3 is 0 Å². The summed E-state index contributed by atoms with van der Waals surface area (Å²) in [5, 5.41) is 0.608. The Morgan fingerprint density at radius 3 is 2.36 bits per heavy atom. The average molecular weight is 416 g/mol. The number of benzene rings is 2. The van der Waals surface area contributed by atoms with Crippen LogP contribution in [0.1, 0.15) is 29.6 Å². The number of rotatable bonds is 4. The summed E-state index contributed by atoms with van der Waals surface area (Å²) in [5.41, 5.74) is 1.92. The second-order valence-electron chi connectivity index (χ2n) is 6.72. The predicted octanol–water partition coefficient (Wildman–Crippen LogP) is 3.62. The number of carbonyl (C=O) groups is 1. The molecule has 1 aromatic heterocycles. The topological polar surface area (TPSA) is 72.3 Å². The van der Waals surface area contributed by atoms with Crippen molar-refractivity contribution in [3.63, 3.8) is 0 Å². The maximum atomic E-state index is 13.1. The molecule has 0 saturated carbocycles. The van der Waals surface area contributed by atoms with Crippen molar-refractivity contribution in [2.75, 3.05) is 19.3 Å². The van der Waals surface area contributed by atoms with Crippen LogP contribution < -0.4 is 0 Å². The van der Waals surface area contributed by atoms with Gasteiger partial charge in [0.15, 0.2) is 5.16 Å². The zero-order chi connectivity index (χ0) is 19.7. The van der Waals surface area contributed by atoms with Crippen molar-refractivity contribution >= 4 is 38.7 Å². The zero-order valence-corrected chi connectivity index (χ0v) is 17.2. The van der Waals surface area contributed by atoms with Gasteiger partial charge in [-0.05, 0) is 55.5 Å². The van der Waals surface area contributed by atoms with E-state index in [9.17, 15) is 13.2 Å². The molecule has 0 spiro atoms. The van der Waals surface area contributed by atoms with E-state index in [1.165, 1.54) is 28.2 Å². The Morgan fingerprint density at radius 2 is 1.68 bits per heavy atom. The van der Waals surface area contributed by atoms with E-state index in [1.54, 1.807) is 16.7 Å². The van der Waals surface area contributed by atoms with Gasteiger partial charge in [-0.3, -0.25) is 9.36 Å². The van der Waals surface area contributed by atoms with E-state index >= 15 is 0 Å². The molecule has 2 heterocycles. The molecule has 1 saturated heterocycles. The SMILES string of the molecule is CSc1nc2ccccc2n1C(=O)c1ccc(S(=O)(=O)N2CCCCC2)cc1. The van der Waals surface area contributed by atoms with E-state index in [2.05, 4.69) is 4.98 Å². The van der Waals surface area contributed by atoms with Gasteiger partial charge in [-0.1, -0.05) is 30.3 Å². The van der Waals surface area contributed by atoms with Crippen LogP contribution in [0.4, 0.5) is 0 Å². The first kappa shape index (κ1) is 19.2. The molecule has 0 N–H and O–H groups in total. The molecule has 0 aliphatic carbocycles. The minimum Gasteiger partial charge on any atom is -0.268 e. The lowest BCUT2D eigenvalue weighted by Gasteiger charge is -2.25. The van der Waals surface area contributed by atoms with Gasteiger partial charge in [0.1, 0.15) is 0 Å². The van der Waals surface area contributed by atoms with Crippen molar-refractivity contribution in [3.8, 4) is 0 Å². The first-order chi connectivity index (χ1) is 13.5. The molecule has 146 valence electrons. The zero-order valence-electron chi connectivity index (χ0n) is 15.5. The maximum absolute atomic E-state index is 13.1. The number of hydrogen-bond donors (Lipinski definition) is 0. The molecule has 6 nitrogen and oxygen atoms in total. The molecule has 1 aliphatic rings. The van der Waals surface area contributed by atoms with Crippen LogP contribution in [0.5, 0.6) is 0 Å². The number of thioether (sulfide) groups is 1. The van der Waals surface area contributed by atoms with E-state index < -0.39 is 10.0 Å². The van der Waals surface area contributed by atoms with Gasteiger partial charge in [0, 0.05) is 18.7 Å². The van der Waals surface area contributed by atoms with Gasteiger partial charge in [0.05, 0.1) is 15.9 Å². The summed E-state index contributed by atoms with van der Waals surface area (Å²) < 4.78 is 28.7. The van der Waals surface area contributed by atoms with Crippen molar-refractivity contribution < 1.29 is 13.2 Å². The number of piperidine rings is 1. The number of para-hydroxylation sites is 2. The van der Waals surface area contributed by atoms with Gasteiger partial charge in [-0.25, -0.2) is 13.4 Å². The fraction of sp³-hybridized carbons (Fsp3) is 0.300. The van der Waals surface area contributed by atoms with E-state index in [1.807, 2.05) is 30.5 Å². The third-order valence-electron chi connectivity index (χ3n) is 4.97. The van der Waals surface area contributed by atoms with Gasteiger partial charge in [0.2, 0.25) is 10.0 Å². The van der Waals surface area contributed by atoms with Gasteiger partial charge in [-0.15, -0.1) is 0 Å². The highest BCUT2D eigenvalue weighted by atomic mass is 32.2. The molecule has 0 bridgehead atoms. The van der Waals surface area contributed by atoms with E-state index in [-0.39, 0.29) is 10.8 Å². The Morgan fingerprint density at radius 1 is 1.00 bits per heavy atom. The molecule has 0 amide bonds. The molecule has 1 fully saturated rings. The highest BCUT2D eigenvalue weighted by Gasteiger charge is 2.26. The Hall–Kier alpha value is -2.16. The molecule has 3 aromatic rings. The second-order valence-corrected chi connectivity index (χ2v) is 9.43. The maximum Gasteiger partial charge on any atom is 0.264 e. The van der Waals surface area contributed by atoms with Crippen molar-refractivity contribution in [1.82, 2.24) is 13.9 Å².